The predicted molar refractivity (Wildman–Crippen MR) is 117 cm³/mol. The van der Waals surface area contributed by atoms with Gasteiger partial charge in [0.25, 0.3) is 11.3 Å². The molecule has 1 fully saturated rings. The van der Waals surface area contributed by atoms with Gasteiger partial charge >= 0.3 is 0 Å². The fraction of sp³-hybridized carbons (Fsp3) is 0.500. The van der Waals surface area contributed by atoms with Crippen molar-refractivity contribution in [2.24, 2.45) is 0 Å². The Morgan fingerprint density at radius 2 is 1.76 bits per heavy atom. The second-order valence-corrected chi connectivity index (χ2v) is 9.08. The second-order valence-electron chi connectivity index (χ2n) is 9.08. The molecule has 7 nitrogen and oxygen atoms in total. The number of H-pyrrole nitrogens is 1. The largest absolute Gasteiger partial charge is 0.365 e. The number of aryl methyl sites for hydroxylation is 2. The summed E-state index contributed by atoms with van der Waals surface area (Å²) in [5, 5.41) is 2.99. The third-order valence-corrected chi connectivity index (χ3v) is 5.77. The molecule has 1 unspecified atom stereocenters. The number of fused-ring (bicyclic) bond motifs is 1. The van der Waals surface area contributed by atoms with E-state index in [4.69, 9.17) is 0 Å². The zero-order valence-corrected chi connectivity index (χ0v) is 18.2. The van der Waals surface area contributed by atoms with Crippen LogP contribution in [0.5, 0.6) is 0 Å². The Labute approximate surface area is 171 Å². The van der Waals surface area contributed by atoms with Crippen molar-refractivity contribution >= 4 is 17.2 Å². The highest BCUT2D eigenvalue weighted by Gasteiger charge is 2.28. The van der Waals surface area contributed by atoms with Gasteiger partial charge in [-0.3, -0.25) is 9.89 Å². The van der Waals surface area contributed by atoms with Crippen LogP contribution in [-0.4, -0.2) is 45.3 Å². The van der Waals surface area contributed by atoms with Gasteiger partial charge in [-0.2, -0.15) is 9.50 Å². The van der Waals surface area contributed by atoms with Crippen molar-refractivity contribution in [3.63, 3.8) is 0 Å². The average molecular weight is 395 g/mol. The Balaban J connectivity index is 1.58. The summed E-state index contributed by atoms with van der Waals surface area (Å²) in [4.78, 5) is 26.4. The third kappa shape index (κ3) is 3.50. The molecule has 1 atom stereocenters. The molecule has 29 heavy (non-hydrogen) atoms. The van der Waals surface area contributed by atoms with Gasteiger partial charge in [-0.05, 0) is 43.9 Å². The summed E-state index contributed by atoms with van der Waals surface area (Å²) >= 11 is 0. The quantitative estimate of drug-likeness (QED) is 0.723. The van der Waals surface area contributed by atoms with Crippen LogP contribution >= 0.6 is 0 Å². The van der Waals surface area contributed by atoms with Gasteiger partial charge in [-0.1, -0.05) is 32.9 Å². The van der Waals surface area contributed by atoms with Crippen LogP contribution in [0.4, 0.5) is 11.4 Å². The molecule has 1 aromatic carbocycles. The Hall–Kier alpha value is -2.83. The van der Waals surface area contributed by atoms with Crippen LogP contribution < -0.4 is 15.4 Å². The number of nitrogens with zero attached hydrogens (tertiary/aromatic N) is 5. The summed E-state index contributed by atoms with van der Waals surface area (Å²) in [6.07, 6.45) is 0. The standard InChI is InChI=1S/C22H30N6O/c1-14-13-26(19-15(2)23-21-24-16(3)25-28(21)20(19)29)11-12-27(14)18-9-7-17(8-10-18)22(4,5)6/h7-10,14H,11-13H2,1-6H3,(H,23,24,25). The lowest BCUT2D eigenvalue weighted by atomic mass is 9.87. The van der Waals surface area contributed by atoms with Crippen LogP contribution in [0.2, 0.25) is 0 Å². The maximum atomic E-state index is 13.0. The smallest absolute Gasteiger partial charge is 0.297 e. The molecule has 0 radical (unpaired) electrons. The van der Waals surface area contributed by atoms with E-state index in [0.717, 1.165) is 25.3 Å². The molecule has 0 amide bonds. The number of aromatic nitrogens is 4. The topological polar surface area (TPSA) is 69.5 Å². The maximum Gasteiger partial charge on any atom is 0.297 e. The molecule has 4 rings (SSSR count). The van der Waals surface area contributed by atoms with Crippen LogP contribution in [0.25, 0.3) is 5.78 Å². The fourth-order valence-corrected chi connectivity index (χ4v) is 4.18. The molecule has 0 spiro atoms. The predicted octanol–water partition coefficient (Wildman–Crippen LogP) is 3.05. The lowest BCUT2D eigenvalue weighted by Crippen LogP contribution is -2.53. The fourth-order valence-electron chi connectivity index (χ4n) is 4.18. The second kappa shape index (κ2) is 6.90. The molecule has 2 aromatic heterocycles. The van der Waals surface area contributed by atoms with E-state index >= 15 is 0 Å². The van der Waals surface area contributed by atoms with Gasteiger partial charge in [0.2, 0.25) is 0 Å². The van der Waals surface area contributed by atoms with Crippen molar-refractivity contribution in [2.75, 3.05) is 29.4 Å². The lowest BCUT2D eigenvalue weighted by Gasteiger charge is -2.42. The SMILES string of the molecule is Cc1nc2nc(C)c(N3CCN(c4ccc(C(C)(C)C)cc4)C(C)C3)c(=O)n2[nH]1. The Morgan fingerprint density at radius 1 is 1.07 bits per heavy atom. The molecule has 1 saturated heterocycles. The lowest BCUT2D eigenvalue weighted by molar-refractivity contribution is 0.546. The maximum absolute atomic E-state index is 13.0. The van der Waals surface area contributed by atoms with E-state index in [0.29, 0.717) is 17.3 Å². The Kier molecular flexibility index (Phi) is 4.63. The van der Waals surface area contributed by atoms with E-state index < -0.39 is 0 Å². The summed E-state index contributed by atoms with van der Waals surface area (Å²) in [6, 6.07) is 9.17. The molecule has 1 N–H and O–H groups in total. The number of anilines is 2. The molecule has 3 aromatic rings. The Bertz CT molecular complexity index is 1090. The van der Waals surface area contributed by atoms with E-state index in [9.17, 15) is 4.79 Å². The first-order valence-corrected chi connectivity index (χ1v) is 10.2. The molecule has 154 valence electrons. The molecule has 1 aliphatic rings. The van der Waals surface area contributed by atoms with Gasteiger partial charge in [-0.25, -0.2) is 4.98 Å². The monoisotopic (exact) mass is 394 g/mol. The molecule has 0 saturated carbocycles. The minimum absolute atomic E-state index is 0.0803. The number of hydrogen-bond acceptors (Lipinski definition) is 5. The Morgan fingerprint density at radius 3 is 2.38 bits per heavy atom. The highest BCUT2D eigenvalue weighted by molar-refractivity contribution is 5.56. The zero-order chi connectivity index (χ0) is 20.9. The van der Waals surface area contributed by atoms with Crippen LogP contribution in [-0.2, 0) is 5.41 Å². The van der Waals surface area contributed by atoms with Crippen molar-refractivity contribution in [2.45, 2.75) is 53.0 Å². The van der Waals surface area contributed by atoms with Gasteiger partial charge in [0.1, 0.15) is 11.5 Å². The summed E-state index contributed by atoms with van der Waals surface area (Å²) in [5.74, 6) is 1.11. The molecule has 0 bridgehead atoms. The van der Waals surface area contributed by atoms with E-state index in [1.54, 1.807) is 0 Å². The molecular formula is C22H30N6O. The molecular weight excluding hydrogens is 364 g/mol. The summed E-state index contributed by atoms with van der Waals surface area (Å²) in [5.41, 5.74) is 4.04. The van der Waals surface area contributed by atoms with Gasteiger partial charge < -0.3 is 9.80 Å². The minimum atomic E-state index is -0.0803. The summed E-state index contributed by atoms with van der Waals surface area (Å²) in [7, 11) is 0. The third-order valence-electron chi connectivity index (χ3n) is 5.77. The molecule has 3 heterocycles. The van der Waals surface area contributed by atoms with E-state index in [1.165, 1.54) is 15.8 Å². The van der Waals surface area contributed by atoms with E-state index in [1.807, 2.05) is 13.8 Å². The van der Waals surface area contributed by atoms with Crippen molar-refractivity contribution in [3.8, 4) is 0 Å². The molecule has 0 aliphatic carbocycles. The summed E-state index contributed by atoms with van der Waals surface area (Å²) < 4.78 is 1.44. The highest BCUT2D eigenvalue weighted by Crippen LogP contribution is 2.28. The number of aromatic amines is 1. The van der Waals surface area contributed by atoms with Crippen LogP contribution in [0.1, 0.15) is 44.8 Å². The number of rotatable bonds is 2. The number of hydrogen-bond donors (Lipinski definition) is 1. The van der Waals surface area contributed by atoms with Crippen LogP contribution in [0.15, 0.2) is 29.1 Å². The molecule has 7 heteroatoms. The number of piperazine rings is 1. The van der Waals surface area contributed by atoms with Gasteiger partial charge in [0.15, 0.2) is 0 Å². The van der Waals surface area contributed by atoms with Crippen LogP contribution in [0, 0.1) is 13.8 Å². The van der Waals surface area contributed by atoms with Crippen molar-refractivity contribution < 1.29 is 0 Å². The normalized spacial score (nSPS) is 17.9. The van der Waals surface area contributed by atoms with E-state index in [2.05, 4.69) is 76.8 Å². The minimum Gasteiger partial charge on any atom is -0.365 e. The van der Waals surface area contributed by atoms with Crippen molar-refractivity contribution in [1.29, 1.82) is 0 Å². The first-order valence-electron chi connectivity index (χ1n) is 10.2. The van der Waals surface area contributed by atoms with Gasteiger partial charge in [-0.15, -0.1) is 0 Å². The van der Waals surface area contributed by atoms with Crippen molar-refractivity contribution in [1.82, 2.24) is 19.6 Å². The number of nitrogens with one attached hydrogen (secondary N) is 1. The average Bonchev–Trinajstić information content (AvgIpc) is 3.02. The van der Waals surface area contributed by atoms with Gasteiger partial charge in [0, 0.05) is 31.4 Å². The molecule has 1 aliphatic heterocycles. The summed E-state index contributed by atoms with van der Waals surface area (Å²) in [6.45, 7) is 15.0. The van der Waals surface area contributed by atoms with E-state index in [-0.39, 0.29) is 17.0 Å². The van der Waals surface area contributed by atoms with Gasteiger partial charge in [0.05, 0.1) is 5.69 Å². The first-order chi connectivity index (χ1) is 13.6. The zero-order valence-electron chi connectivity index (χ0n) is 18.2. The number of benzene rings is 1. The van der Waals surface area contributed by atoms with Crippen LogP contribution in [0.3, 0.4) is 0 Å². The van der Waals surface area contributed by atoms with Crippen molar-refractivity contribution in [3.05, 3.63) is 51.7 Å². The highest BCUT2D eigenvalue weighted by atomic mass is 16.1. The first kappa shape index (κ1) is 19.5.